The molecule has 3 N–H and O–H groups in total. The van der Waals surface area contributed by atoms with Crippen molar-refractivity contribution >= 4 is 5.78 Å². The summed E-state index contributed by atoms with van der Waals surface area (Å²) in [7, 11) is 0. The monoisotopic (exact) mass is 313 g/mol. The Bertz CT molecular complexity index is 701. The fourth-order valence-corrected chi connectivity index (χ4v) is 2.67. The predicted octanol–water partition coefficient (Wildman–Crippen LogP) is 1.84. The summed E-state index contributed by atoms with van der Waals surface area (Å²) in [5.41, 5.74) is 6.05. The molecule has 3 rings (SSSR count). The first kappa shape index (κ1) is 15.7. The molecule has 0 saturated heterocycles. The van der Waals surface area contributed by atoms with Crippen LogP contribution in [0.1, 0.15) is 22.8 Å². The van der Waals surface area contributed by atoms with Crippen molar-refractivity contribution in [2.24, 2.45) is 5.73 Å². The largest absolute Gasteiger partial charge is 0.461 e. The number of aliphatic hydroxyl groups is 1. The topological polar surface area (TPSA) is 81.8 Å². The van der Waals surface area contributed by atoms with Crippen molar-refractivity contribution in [2.75, 3.05) is 6.61 Å². The molecule has 0 fully saturated rings. The molecule has 2 aromatic carbocycles. The SMILES string of the molecule is CC(O)COC1Oc2ccccc2C(=O)C1(N)c1ccccc1. The third kappa shape index (κ3) is 2.74. The molecule has 0 saturated carbocycles. The van der Waals surface area contributed by atoms with Gasteiger partial charge in [-0.05, 0) is 24.6 Å². The highest BCUT2D eigenvalue weighted by Crippen LogP contribution is 2.38. The number of Topliss-reactive ketones (excluding diaryl/α,β-unsaturated/α-hetero) is 1. The zero-order valence-corrected chi connectivity index (χ0v) is 12.8. The Morgan fingerprint density at radius 2 is 1.87 bits per heavy atom. The smallest absolute Gasteiger partial charge is 0.230 e. The van der Waals surface area contributed by atoms with Crippen molar-refractivity contribution in [3.63, 3.8) is 0 Å². The highest BCUT2D eigenvalue weighted by atomic mass is 16.7. The average molecular weight is 313 g/mol. The lowest BCUT2D eigenvalue weighted by Gasteiger charge is -2.40. The zero-order chi connectivity index (χ0) is 16.4. The Morgan fingerprint density at radius 3 is 2.57 bits per heavy atom. The van der Waals surface area contributed by atoms with E-state index in [2.05, 4.69) is 0 Å². The Kier molecular flexibility index (Phi) is 4.17. The molecule has 3 unspecified atom stereocenters. The normalized spacial score (nSPS) is 24.7. The van der Waals surface area contributed by atoms with E-state index in [-0.39, 0.29) is 12.4 Å². The van der Waals surface area contributed by atoms with Gasteiger partial charge in [-0.3, -0.25) is 4.79 Å². The van der Waals surface area contributed by atoms with Crippen molar-refractivity contribution in [2.45, 2.75) is 24.9 Å². The molecule has 2 aromatic rings. The summed E-state index contributed by atoms with van der Waals surface area (Å²) in [5, 5.41) is 9.48. The highest BCUT2D eigenvalue weighted by Gasteiger charge is 2.51. The molecule has 120 valence electrons. The van der Waals surface area contributed by atoms with E-state index in [0.717, 1.165) is 0 Å². The second kappa shape index (κ2) is 6.12. The van der Waals surface area contributed by atoms with Gasteiger partial charge in [-0.1, -0.05) is 42.5 Å². The Balaban J connectivity index is 2.07. The fourth-order valence-electron chi connectivity index (χ4n) is 2.67. The maximum atomic E-state index is 13.0. The van der Waals surface area contributed by atoms with Crippen molar-refractivity contribution in [1.82, 2.24) is 0 Å². The summed E-state index contributed by atoms with van der Waals surface area (Å²) < 4.78 is 11.5. The molecule has 3 atom stereocenters. The van der Waals surface area contributed by atoms with E-state index < -0.39 is 17.9 Å². The zero-order valence-electron chi connectivity index (χ0n) is 12.8. The summed E-state index contributed by atoms with van der Waals surface area (Å²) in [6.07, 6.45) is -1.70. The lowest BCUT2D eigenvalue weighted by atomic mass is 9.80. The molecule has 23 heavy (non-hydrogen) atoms. The van der Waals surface area contributed by atoms with Crippen LogP contribution in [-0.4, -0.2) is 29.9 Å². The summed E-state index contributed by atoms with van der Waals surface area (Å²) >= 11 is 0. The third-order valence-electron chi connectivity index (χ3n) is 3.85. The first-order chi connectivity index (χ1) is 11.0. The molecular formula is C18H19NO4. The summed E-state index contributed by atoms with van der Waals surface area (Å²) in [4.78, 5) is 13.0. The van der Waals surface area contributed by atoms with Crippen LogP contribution in [0, 0.1) is 0 Å². The third-order valence-corrected chi connectivity index (χ3v) is 3.85. The number of hydrogen-bond acceptors (Lipinski definition) is 5. The van der Waals surface area contributed by atoms with Gasteiger partial charge in [0.15, 0.2) is 11.3 Å². The second-order valence-electron chi connectivity index (χ2n) is 5.69. The predicted molar refractivity (Wildman–Crippen MR) is 85.1 cm³/mol. The van der Waals surface area contributed by atoms with Crippen LogP contribution in [0.3, 0.4) is 0 Å². The maximum Gasteiger partial charge on any atom is 0.230 e. The van der Waals surface area contributed by atoms with Crippen molar-refractivity contribution in [3.8, 4) is 5.75 Å². The van der Waals surface area contributed by atoms with Gasteiger partial charge in [0.1, 0.15) is 5.75 Å². The number of ether oxygens (including phenoxy) is 2. The molecule has 0 radical (unpaired) electrons. The quantitative estimate of drug-likeness (QED) is 0.900. The van der Waals surface area contributed by atoms with Gasteiger partial charge >= 0.3 is 0 Å². The highest BCUT2D eigenvalue weighted by molar-refractivity contribution is 6.07. The molecule has 0 spiro atoms. The first-order valence-corrected chi connectivity index (χ1v) is 7.48. The minimum Gasteiger partial charge on any atom is -0.461 e. The maximum absolute atomic E-state index is 13.0. The Morgan fingerprint density at radius 1 is 1.22 bits per heavy atom. The van der Waals surface area contributed by atoms with Gasteiger partial charge < -0.3 is 20.3 Å². The fraction of sp³-hybridized carbons (Fsp3) is 0.278. The molecule has 1 heterocycles. The molecule has 0 aromatic heterocycles. The lowest BCUT2D eigenvalue weighted by molar-refractivity contribution is -0.138. The number of fused-ring (bicyclic) bond motifs is 1. The average Bonchev–Trinajstić information content (AvgIpc) is 2.57. The summed E-state index contributed by atoms with van der Waals surface area (Å²) in [6, 6.07) is 15.9. The minimum absolute atomic E-state index is 0.0197. The molecular weight excluding hydrogens is 294 g/mol. The van der Waals surface area contributed by atoms with E-state index >= 15 is 0 Å². The van der Waals surface area contributed by atoms with Crippen LogP contribution in [-0.2, 0) is 10.3 Å². The summed E-state index contributed by atoms with van der Waals surface area (Å²) in [5.74, 6) is 0.172. The Labute approximate surface area is 134 Å². The van der Waals surface area contributed by atoms with E-state index in [9.17, 15) is 9.90 Å². The van der Waals surface area contributed by atoms with E-state index in [0.29, 0.717) is 16.9 Å². The number of aliphatic hydroxyl groups excluding tert-OH is 1. The van der Waals surface area contributed by atoms with Crippen LogP contribution in [0.25, 0.3) is 0 Å². The lowest BCUT2D eigenvalue weighted by Crippen LogP contribution is -2.60. The first-order valence-electron chi connectivity index (χ1n) is 7.48. The standard InChI is InChI=1S/C18H19NO4/c1-12(20)11-22-17-18(19,13-7-3-2-4-8-13)16(21)14-9-5-6-10-15(14)23-17/h2-10,12,17,20H,11,19H2,1H3. The molecule has 0 bridgehead atoms. The Hall–Kier alpha value is -2.21. The number of benzene rings is 2. The number of hydrogen-bond donors (Lipinski definition) is 2. The van der Waals surface area contributed by atoms with Crippen molar-refractivity contribution in [1.29, 1.82) is 0 Å². The molecule has 5 heteroatoms. The molecule has 1 aliphatic heterocycles. The van der Waals surface area contributed by atoms with Crippen molar-refractivity contribution < 1.29 is 19.4 Å². The second-order valence-corrected chi connectivity index (χ2v) is 5.69. The molecule has 1 aliphatic rings. The van der Waals surface area contributed by atoms with E-state index in [1.54, 1.807) is 43.3 Å². The number of nitrogens with two attached hydrogens (primary N) is 1. The number of carbonyl (C=O) groups is 1. The van der Waals surface area contributed by atoms with Gasteiger partial charge in [0, 0.05) is 0 Å². The van der Waals surface area contributed by atoms with Crippen LogP contribution in [0.4, 0.5) is 0 Å². The van der Waals surface area contributed by atoms with Gasteiger partial charge in [-0.25, -0.2) is 0 Å². The van der Waals surface area contributed by atoms with Crippen LogP contribution in [0.15, 0.2) is 54.6 Å². The number of para-hydroxylation sites is 1. The van der Waals surface area contributed by atoms with E-state index in [4.69, 9.17) is 15.2 Å². The van der Waals surface area contributed by atoms with Crippen LogP contribution < -0.4 is 10.5 Å². The van der Waals surface area contributed by atoms with E-state index in [1.807, 2.05) is 18.2 Å². The number of ketones is 1. The van der Waals surface area contributed by atoms with Gasteiger partial charge in [-0.15, -0.1) is 0 Å². The van der Waals surface area contributed by atoms with Crippen molar-refractivity contribution in [3.05, 3.63) is 65.7 Å². The molecule has 0 aliphatic carbocycles. The van der Waals surface area contributed by atoms with Crippen LogP contribution in [0.2, 0.25) is 0 Å². The van der Waals surface area contributed by atoms with Gasteiger partial charge in [0.05, 0.1) is 18.3 Å². The number of carbonyl (C=O) groups excluding carboxylic acids is 1. The van der Waals surface area contributed by atoms with Gasteiger partial charge in [0.2, 0.25) is 6.29 Å². The van der Waals surface area contributed by atoms with Crippen LogP contribution in [0.5, 0.6) is 5.75 Å². The van der Waals surface area contributed by atoms with Gasteiger partial charge in [-0.2, -0.15) is 0 Å². The minimum atomic E-state index is -1.47. The van der Waals surface area contributed by atoms with Gasteiger partial charge in [0.25, 0.3) is 0 Å². The molecule has 0 amide bonds. The summed E-state index contributed by atoms with van der Waals surface area (Å²) in [6.45, 7) is 1.62. The van der Waals surface area contributed by atoms with Crippen LogP contribution >= 0.6 is 0 Å². The van der Waals surface area contributed by atoms with E-state index in [1.165, 1.54) is 0 Å². The number of rotatable bonds is 4. The molecule has 5 nitrogen and oxygen atoms in total.